The number of nitrogens with one attached hydrogen (secondary N) is 2. The minimum atomic E-state index is -0.539. The van der Waals surface area contributed by atoms with Gasteiger partial charge in [0, 0.05) is 24.4 Å². The highest BCUT2D eigenvalue weighted by Crippen LogP contribution is 2.42. The molecular weight excluding hydrogens is 428 g/mol. The SMILES string of the molecule is CCNC(=O)c1noc(-c2cc(C(C)C)c(O)cc2O)c1NC(=O)C1CCC(C(N)=O)CC1. The molecule has 0 bridgehead atoms. The van der Waals surface area contributed by atoms with Crippen molar-refractivity contribution in [2.24, 2.45) is 17.6 Å². The van der Waals surface area contributed by atoms with Gasteiger partial charge in [-0.1, -0.05) is 19.0 Å². The Morgan fingerprint density at radius 1 is 1.12 bits per heavy atom. The third-order valence-corrected chi connectivity index (χ3v) is 6.00. The maximum absolute atomic E-state index is 13.0. The number of aromatic nitrogens is 1. The standard InChI is InChI=1S/C23H30N4O6/c1-4-25-23(32)19-18(26-22(31)13-7-5-12(6-8-13)21(24)30)20(33-27-19)15-9-14(11(2)3)16(28)10-17(15)29/h9-13,28-29H,4-8H2,1-3H3,(H2,24,30)(H,25,32)(H,26,31). The van der Waals surface area contributed by atoms with Crippen molar-refractivity contribution in [3.8, 4) is 22.8 Å². The number of amides is 3. The third kappa shape index (κ3) is 5.10. The summed E-state index contributed by atoms with van der Waals surface area (Å²) in [5.41, 5.74) is 6.04. The lowest BCUT2D eigenvalue weighted by Crippen LogP contribution is -2.33. The van der Waals surface area contributed by atoms with Crippen LogP contribution in [0.15, 0.2) is 16.7 Å². The van der Waals surface area contributed by atoms with E-state index in [-0.39, 0.29) is 63.8 Å². The summed E-state index contributed by atoms with van der Waals surface area (Å²) in [5, 5.41) is 29.9. The van der Waals surface area contributed by atoms with Gasteiger partial charge in [0.25, 0.3) is 5.91 Å². The molecular formula is C23H30N4O6. The molecule has 1 aliphatic rings. The number of nitrogens with two attached hydrogens (primary N) is 1. The summed E-state index contributed by atoms with van der Waals surface area (Å²) in [4.78, 5) is 37.0. The van der Waals surface area contributed by atoms with E-state index in [9.17, 15) is 24.6 Å². The molecule has 0 saturated heterocycles. The van der Waals surface area contributed by atoms with Crippen molar-refractivity contribution < 1.29 is 29.1 Å². The van der Waals surface area contributed by atoms with Crippen LogP contribution in [0.2, 0.25) is 0 Å². The van der Waals surface area contributed by atoms with Gasteiger partial charge in [-0.25, -0.2) is 0 Å². The number of carbonyl (C=O) groups is 3. The molecule has 0 atom stereocenters. The van der Waals surface area contributed by atoms with Gasteiger partial charge in [0.2, 0.25) is 11.8 Å². The minimum absolute atomic E-state index is 0.00910. The van der Waals surface area contributed by atoms with Gasteiger partial charge in [-0.15, -0.1) is 0 Å². The Hall–Kier alpha value is -3.56. The summed E-state index contributed by atoms with van der Waals surface area (Å²) in [6, 6.07) is 2.74. The predicted molar refractivity (Wildman–Crippen MR) is 121 cm³/mol. The first-order valence-corrected chi connectivity index (χ1v) is 11.1. The van der Waals surface area contributed by atoms with Gasteiger partial charge in [0.05, 0.1) is 5.56 Å². The number of carbonyl (C=O) groups excluding carboxylic acids is 3. The van der Waals surface area contributed by atoms with E-state index in [0.29, 0.717) is 37.8 Å². The Kier molecular flexibility index (Phi) is 7.25. The highest BCUT2D eigenvalue weighted by Gasteiger charge is 2.32. The topological polar surface area (TPSA) is 168 Å². The van der Waals surface area contributed by atoms with Gasteiger partial charge in [0.15, 0.2) is 11.5 Å². The zero-order valence-electron chi connectivity index (χ0n) is 19.0. The molecule has 1 saturated carbocycles. The van der Waals surface area contributed by atoms with E-state index in [1.54, 1.807) is 13.0 Å². The van der Waals surface area contributed by atoms with Gasteiger partial charge < -0.3 is 31.1 Å². The van der Waals surface area contributed by atoms with Crippen LogP contribution in [0.5, 0.6) is 11.5 Å². The van der Waals surface area contributed by atoms with Crippen LogP contribution in [0.4, 0.5) is 5.69 Å². The number of anilines is 1. The average Bonchev–Trinajstić information content (AvgIpc) is 3.17. The van der Waals surface area contributed by atoms with Crippen molar-refractivity contribution in [2.75, 3.05) is 11.9 Å². The molecule has 6 N–H and O–H groups in total. The van der Waals surface area contributed by atoms with Crippen molar-refractivity contribution in [2.45, 2.75) is 52.4 Å². The van der Waals surface area contributed by atoms with Gasteiger partial charge in [-0.3, -0.25) is 14.4 Å². The molecule has 1 aromatic heterocycles. The van der Waals surface area contributed by atoms with Gasteiger partial charge in [-0.05, 0) is 50.2 Å². The fourth-order valence-electron chi connectivity index (χ4n) is 4.09. The maximum atomic E-state index is 13.0. The number of benzene rings is 1. The Balaban J connectivity index is 1.97. The summed E-state index contributed by atoms with van der Waals surface area (Å²) in [6.45, 7) is 5.84. The Morgan fingerprint density at radius 3 is 2.33 bits per heavy atom. The Bertz CT molecular complexity index is 1050. The van der Waals surface area contributed by atoms with E-state index in [1.165, 1.54) is 6.07 Å². The zero-order chi connectivity index (χ0) is 24.3. The average molecular weight is 459 g/mol. The van der Waals surface area contributed by atoms with Crippen molar-refractivity contribution in [3.05, 3.63) is 23.4 Å². The van der Waals surface area contributed by atoms with Gasteiger partial charge >= 0.3 is 0 Å². The number of phenols is 2. The van der Waals surface area contributed by atoms with E-state index in [0.717, 1.165) is 0 Å². The molecule has 0 radical (unpaired) electrons. The summed E-state index contributed by atoms with van der Waals surface area (Å²) in [5.74, 6) is -2.27. The van der Waals surface area contributed by atoms with Crippen LogP contribution in [-0.4, -0.2) is 39.6 Å². The van der Waals surface area contributed by atoms with Crippen molar-refractivity contribution in [3.63, 3.8) is 0 Å². The molecule has 1 aromatic carbocycles. The first kappa shape index (κ1) is 24.1. The number of hydrogen-bond donors (Lipinski definition) is 5. The quantitative estimate of drug-likeness (QED) is 0.425. The number of phenolic OH excluding ortho intramolecular Hbond substituents is 2. The van der Waals surface area contributed by atoms with Crippen LogP contribution in [-0.2, 0) is 9.59 Å². The van der Waals surface area contributed by atoms with Crippen LogP contribution < -0.4 is 16.4 Å². The first-order valence-electron chi connectivity index (χ1n) is 11.1. The molecule has 2 aromatic rings. The van der Waals surface area contributed by atoms with E-state index in [4.69, 9.17) is 10.3 Å². The zero-order valence-corrected chi connectivity index (χ0v) is 19.0. The number of aromatic hydroxyl groups is 2. The molecule has 178 valence electrons. The maximum Gasteiger partial charge on any atom is 0.275 e. The van der Waals surface area contributed by atoms with Crippen molar-refractivity contribution in [1.29, 1.82) is 0 Å². The number of nitrogens with zero attached hydrogens (tertiary/aromatic N) is 1. The van der Waals surface area contributed by atoms with Crippen LogP contribution >= 0.6 is 0 Å². The van der Waals surface area contributed by atoms with Gasteiger partial charge in [-0.2, -0.15) is 0 Å². The smallest absolute Gasteiger partial charge is 0.275 e. The Labute approximate surface area is 191 Å². The Morgan fingerprint density at radius 2 is 1.76 bits per heavy atom. The largest absolute Gasteiger partial charge is 0.508 e. The molecule has 10 heteroatoms. The fourth-order valence-corrected chi connectivity index (χ4v) is 4.09. The lowest BCUT2D eigenvalue weighted by molar-refractivity contribution is -0.126. The summed E-state index contributed by atoms with van der Waals surface area (Å²) >= 11 is 0. The number of hydrogen-bond acceptors (Lipinski definition) is 7. The van der Waals surface area contributed by atoms with Crippen LogP contribution in [0.25, 0.3) is 11.3 Å². The highest BCUT2D eigenvalue weighted by molar-refractivity contribution is 6.06. The monoisotopic (exact) mass is 458 g/mol. The summed E-state index contributed by atoms with van der Waals surface area (Å²) < 4.78 is 5.41. The lowest BCUT2D eigenvalue weighted by Gasteiger charge is -2.25. The molecule has 33 heavy (non-hydrogen) atoms. The molecule has 1 aliphatic carbocycles. The van der Waals surface area contributed by atoms with E-state index >= 15 is 0 Å². The van der Waals surface area contributed by atoms with E-state index in [1.807, 2.05) is 13.8 Å². The molecule has 0 aliphatic heterocycles. The number of rotatable bonds is 7. The predicted octanol–water partition coefficient (Wildman–Crippen LogP) is 2.86. The molecule has 3 amide bonds. The highest BCUT2D eigenvalue weighted by atomic mass is 16.5. The van der Waals surface area contributed by atoms with Gasteiger partial charge in [0.1, 0.15) is 17.2 Å². The van der Waals surface area contributed by atoms with E-state index < -0.39 is 5.91 Å². The van der Waals surface area contributed by atoms with Crippen molar-refractivity contribution >= 4 is 23.4 Å². The third-order valence-electron chi connectivity index (χ3n) is 6.00. The fraction of sp³-hybridized carbons (Fsp3) is 0.478. The van der Waals surface area contributed by atoms with Crippen LogP contribution in [0.3, 0.4) is 0 Å². The van der Waals surface area contributed by atoms with E-state index in [2.05, 4.69) is 15.8 Å². The first-order chi connectivity index (χ1) is 15.6. The second kappa shape index (κ2) is 9.93. The second-order valence-electron chi connectivity index (χ2n) is 8.62. The van der Waals surface area contributed by atoms with Crippen LogP contribution in [0, 0.1) is 11.8 Å². The second-order valence-corrected chi connectivity index (χ2v) is 8.62. The molecule has 10 nitrogen and oxygen atoms in total. The molecule has 1 heterocycles. The van der Waals surface area contributed by atoms with Crippen LogP contribution in [0.1, 0.15) is 68.4 Å². The summed E-state index contributed by atoms with van der Waals surface area (Å²) in [7, 11) is 0. The molecule has 0 spiro atoms. The minimum Gasteiger partial charge on any atom is -0.508 e. The number of primary amides is 1. The normalized spacial score (nSPS) is 18.2. The van der Waals surface area contributed by atoms with Crippen molar-refractivity contribution in [1.82, 2.24) is 10.5 Å². The lowest BCUT2D eigenvalue weighted by atomic mass is 9.81. The molecule has 1 fully saturated rings. The molecule has 3 rings (SSSR count). The summed E-state index contributed by atoms with van der Waals surface area (Å²) in [6.07, 6.45) is 2.00. The molecule has 0 unspecified atom stereocenters.